The summed E-state index contributed by atoms with van der Waals surface area (Å²) in [4.78, 5) is 29.0. The highest BCUT2D eigenvalue weighted by Gasteiger charge is 2.35. The molecule has 0 bridgehead atoms. The molecule has 0 spiro atoms. The highest BCUT2D eigenvalue weighted by molar-refractivity contribution is 5.88. The van der Waals surface area contributed by atoms with E-state index >= 15 is 0 Å². The number of carbonyl (C=O) groups excluding carboxylic acids is 2. The highest BCUT2D eigenvalue weighted by atomic mass is 16.2. The molecule has 2 saturated heterocycles. The molecule has 2 aliphatic rings. The van der Waals surface area contributed by atoms with Crippen molar-refractivity contribution in [2.75, 3.05) is 33.2 Å². The lowest BCUT2D eigenvalue weighted by Crippen LogP contribution is -2.54. The first-order valence-electron chi connectivity index (χ1n) is 8.90. The van der Waals surface area contributed by atoms with Crippen LogP contribution in [0, 0.1) is 5.92 Å². The van der Waals surface area contributed by atoms with Gasteiger partial charge in [0.05, 0.1) is 0 Å². The van der Waals surface area contributed by atoms with E-state index in [0.717, 1.165) is 64.7 Å². The molecule has 5 heteroatoms. The van der Waals surface area contributed by atoms with Gasteiger partial charge in [0, 0.05) is 26.1 Å². The van der Waals surface area contributed by atoms with Crippen LogP contribution in [0.2, 0.25) is 0 Å². The van der Waals surface area contributed by atoms with E-state index in [1.807, 2.05) is 23.8 Å². The van der Waals surface area contributed by atoms with Crippen molar-refractivity contribution in [2.45, 2.75) is 57.9 Å². The number of rotatable bonds is 5. The van der Waals surface area contributed by atoms with Gasteiger partial charge in [-0.2, -0.15) is 0 Å². The molecule has 0 saturated carbocycles. The molecule has 2 fully saturated rings. The van der Waals surface area contributed by atoms with Crippen LogP contribution in [0.4, 0.5) is 0 Å². The van der Waals surface area contributed by atoms with E-state index in [0.29, 0.717) is 12.3 Å². The van der Waals surface area contributed by atoms with Crippen LogP contribution in [-0.2, 0) is 9.59 Å². The average Bonchev–Trinajstić information content (AvgIpc) is 2.55. The Morgan fingerprint density at radius 2 is 1.82 bits per heavy atom. The molecule has 126 valence electrons. The zero-order valence-corrected chi connectivity index (χ0v) is 14.1. The first-order chi connectivity index (χ1) is 10.7. The number of carbonyl (C=O) groups is 2. The van der Waals surface area contributed by atoms with Gasteiger partial charge in [0.15, 0.2) is 0 Å². The largest absolute Gasteiger partial charge is 0.341 e. The normalized spacial score (nSPS) is 23.6. The first kappa shape index (κ1) is 17.3. The van der Waals surface area contributed by atoms with Crippen LogP contribution in [-0.4, -0.2) is 60.9 Å². The summed E-state index contributed by atoms with van der Waals surface area (Å²) in [5.74, 6) is 1.02. The minimum atomic E-state index is -0.200. The monoisotopic (exact) mass is 309 g/mol. The Balaban J connectivity index is 1.93. The van der Waals surface area contributed by atoms with Gasteiger partial charge in [-0.05, 0) is 58.0 Å². The number of hydrogen-bond donors (Lipinski definition) is 1. The van der Waals surface area contributed by atoms with E-state index in [-0.39, 0.29) is 17.9 Å². The van der Waals surface area contributed by atoms with E-state index in [9.17, 15) is 9.59 Å². The smallest absolute Gasteiger partial charge is 0.245 e. The molecule has 1 unspecified atom stereocenters. The fourth-order valence-corrected chi connectivity index (χ4v) is 3.70. The van der Waals surface area contributed by atoms with Gasteiger partial charge in [-0.3, -0.25) is 9.59 Å². The molecule has 0 aromatic rings. The topological polar surface area (TPSA) is 52.7 Å². The predicted molar refractivity (Wildman–Crippen MR) is 87.5 cm³/mol. The summed E-state index contributed by atoms with van der Waals surface area (Å²) in [6.07, 6.45) is 6.49. The molecule has 0 radical (unpaired) electrons. The van der Waals surface area contributed by atoms with Gasteiger partial charge in [-0.1, -0.05) is 6.92 Å². The fourth-order valence-electron chi connectivity index (χ4n) is 3.70. The Kier molecular flexibility index (Phi) is 6.68. The standard InChI is InChI=1S/C17H31N3O2/c1-3-6-16(21)20-10-5-4-7-15(20)17(22)19-11-8-14(9-12-19)13-18-2/h14-15,18H,3-13H2,1-2H3. The third-order valence-electron chi connectivity index (χ3n) is 4.99. The summed E-state index contributed by atoms with van der Waals surface area (Å²) >= 11 is 0. The molecule has 2 heterocycles. The third-order valence-corrected chi connectivity index (χ3v) is 4.99. The minimum Gasteiger partial charge on any atom is -0.341 e. The lowest BCUT2D eigenvalue weighted by atomic mass is 9.94. The summed E-state index contributed by atoms with van der Waals surface area (Å²) in [6, 6.07) is -0.200. The van der Waals surface area contributed by atoms with Gasteiger partial charge in [0.1, 0.15) is 6.04 Å². The van der Waals surface area contributed by atoms with E-state index in [4.69, 9.17) is 0 Å². The van der Waals surface area contributed by atoms with Crippen molar-refractivity contribution in [3.63, 3.8) is 0 Å². The maximum atomic E-state index is 12.9. The van der Waals surface area contributed by atoms with Crippen LogP contribution in [0.3, 0.4) is 0 Å². The molecule has 0 aromatic carbocycles. The Morgan fingerprint density at radius 3 is 2.45 bits per heavy atom. The number of likely N-dealkylation sites (tertiary alicyclic amines) is 2. The van der Waals surface area contributed by atoms with E-state index in [2.05, 4.69) is 5.32 Å². The van der Waals surface area contributed by atoms with Crippen molar-refractivity contribution in [2.24, 2.45) is 5.92 Å². The summed E-state index contributed by atoms with van der Waals surface area (Å²) in [5.41, 5.74) is 0. The second-order valence-corrected chi connectivity index (χ2v) is 6.68. The Hall–Kier alpha value is -1.10. The Bertz CT molecular complexity index is 378. The van der Waals surface area contributed by atoms with Crippen LogP contribution in [0.5, 0.6) is 0 Å². The van der Waals surface area contributed by atoms with E-state index in [1.54, 1.807) is 0 Å². The van der Waals surface area contributed by atoms with Crippen molar-refractivity contribution < 1.29 is 9.59 Å². The second kappa shape index (κ2) is 8.51. The first-order valence-corrected chi connectivity index (χ1v) is 8.90. The van der Waals surface area contributed by atoms with E-state index < -0.39 is 0 Å². The van der Waals surface area contributed by atoms with Crippen molar-refractivity contribution >= 4 is 11.8 Å². The van der Waals surface area contributed by atoms with Gasteiger partial charge in [0.2, 0.25) is 11.8 Å². The summed E-state index contributed by atoms with van der Waals surface area (Å²) in [7, 11) is 1.98. The molecule has 0 aliphatic carbocycles. The fraction of sp³-hybridized carbons (Fsp3) is 0.882. The zero-order chi connectivity index (χ0) is 15.9. The number of hydrogen-bond acceptors (Lipinski definition) is 3. The molecule has 1 atom stereocenters. The summed E-state index contributed by atoms with van der Waals surface area (Å²) < 4.78 is 0. The van der Waals surface area contributed by atoms with Crippen LogP contribution in [0.1, 0.15) is 51.9 Å². The molecule has 0 aromatic heterocycles. The second-order valence-electron chi connectivity index (χ2n) is 6.68. The van der Waals surface area contributed by atoms with Gasteiger partial charge in [-0.25, -0.2) is 0 Å². The number of piperidine rings is 2. The molecular formula is C17H31N3O2. The molecular weight excluding hydrogens is 278 g/mol. The lowest BCUT2D eigenvalue weighted by molar-refractivity contribution is -0.148. The minimum absolute atomic E-state index is 0.158. The summed E-state index contributed by atoms with van der Waals surface area (Å²) in [5, 5.41) is 3.22. The van der Waals surface area contributed by atoms with Gasteiger partial charge in [-0.15, -0.1) is 0 Å². The molecule has 2 aliphatic heterocycles. The van der Waals surface area contributed by atoms with Crippen molar-refractivity contribution in [3.8, 4) is 0 Å². The third kappa shape index (κ3) is 4.22. The van der Waals surface area contributed by atoms with Gasteiger partial charge in [0.25, 0.3) is 0 Å². The van der Waals surface area contributed by atoms with Crippen molar-refractivity contribution in [1.82, 2.24) is 15.1 Å². The molecule has 5 nitrogen and oxygen atoms in total. The zero-order valence-electron chi connectivity index (χ0n) is 14.1. The Labute approximate surface area is 134 Å². The van der Waals surface area contributed by atoms with Crippen LogP contribution in [0.25, 0.3) is 0 Å². The van der Waals surface area contributed by atoms with Gasteiger partial charge >= 0.3 is 0 Å². The molecule has 22 heavy (non-hydrogen) atoms. The van der Waals surface area contributed by atoms with Crippen LogP contribution in [0.15, 0.2) is 0 Å². The number of amides is 2. The van der Waals surface area contributed by atoms with Gasteiger partial charge < -0.3 is 15.1 Å². The number of nitrogens with one attached hydrogen (secondary N) is 1. The molecule has 2 rings (SSSR count). The van der Waals surface area contributed by atoms with Crippen LogP contribution < -0.4 is 5.32 Å². The van der Waals surface area contributed by atoms with Crippen LogP contribution >= 0.6 is 0 Å². The Morgan fingerprint density at radius 1 is 1.09 bits per heavy atom. The average molecular weight is 309 g/mol. The molecule has 1 N–H and O–H groups in total. The quantitative estimate of drug-likeness (QED) is 0.840. The maximum absolute atomic E-state index is 12.9. The van der Waals surface area contributed by atoms with Crippen molar-refractivity contribution in [3.05, 3.63) is 0 Å². The lowest BCUT2D eigenvalue weighted by Gasteiger charge is -2.40. The number of nitrogens with zero attached hydrogens (tertiary/aromatic N) is 2. The summed E-state index contributed by atoms with van der Waals surface area (Å²) in [6.45, 7) is 5.50. The predicted octanol–water partition coefficient (Wildman–Crippen LogP) is 1.63. The molecule has 2 amide bonds. The highest BCUT2D eigenvalue weighted by Crippen LogP contribution is 2.23. The van der Waals surface area contributed by atoms with E-state index in [1.165, 1.54) is 0 Å². The SMILES string of the molecule is CCCC(=O)N1CCCCC1C(=O)N1CCC(CNC)CC1. The van der Waals surface area contributed by atoms with Crippen molar-refractivity contribution in [1.29, 1.82) is 0 Å². The maximum Gasteiger partial charge on any atom is 0.245 e.